The molecule has 19 heavy (non-hydrogen) atoms. The van der Waals surface area contributed by atoms with Crippen LogP contribution in [0.5, 0.6) is 0 Å². The summed E-state index contributed by atoms with van der Waals surface area (Å²) in [5.41, 5.74) is 2.21. The van der Waals surface area contributed by atoms with Crippen molar-refractivity contribution in [2.75, 3.05) is 5.32 Å². The zero-order chi connectivity index (χ0) is 14.0. The molecule has 1 heterocycles. The van der Waals surface area contributed by atoms with E-state index in [1.165, 1.54) is 12.1 Å². The highest BCUT2D eigenvalue weighted by Gasteiger charge is 2.10. The Balaban J connectivity index is 2.22. The highest BCUT2D eigenvalue weighted by molar-refractivity contribution is 9.10. The molecule has 1 unspecified atom stereocenters. The van der Waals surface area contributed by atoms with E-state index in [9.17, 15) is 8.78 Å². The number of anilines is 1. The number of benzene rings is 1. The van der Waals surface area contributed by atoms with Crippen LogP contribution in [-0.2, 0) is 0 Å². The second kappa shape index (κ2) is 5.65. The molecule has 0 saturated heterocycles. The van der Waals surface area contributed by atoms with Gasteiger partial charge in [-0.25, -0.2) is 13.8 Å². The van der Waals surface area contributed by atoms with Crippen molar-refractivity contribution in [3.05, 3.63) is 57.8 Å². The van der Waals surface area contributed by atoms with E-state index in [-0.39, 0.29) is 6.04 Å². The third kappa shape index (κ3) is 3.50. The number of hydrogen-bond donors (Lipinski definition) is 1. The van der Waals surface area contributed by atoms with Crippen LogP contribution in [0.2, 0.25) is 0 Å². The molecule has 2 nitrogen and oxygen atoms in total. The van der Waals surface area contributed by atoms with Crippen molar-refractivity contribution < 1.29 is 8.78 Å². The molecule has 0 bridgehead atoms. The number of nitrogens with zero attached hydrogens (tertiary/aromatic N) is 1. The van der Waals surface area contributed by atoms with E-state index in [0.717, 1.165) is 22.1 Å². The van der Waals surface area contributed by atoms with E-state index in [4.69, 9.17) is 0 Å². The second-order valence-electron chi connectivity index (χ2n) is 4.34. The molecule has 0 aliphatic carbocycles. The summed E-state index contributed by atoms with van der Waals surface area (Å²) in [6, 6.07) is 6.98. The van der Waals surface area contributed by atoms with Crippen molar-refractivity contribution in [2.24, 2.45) is 0 Å². The highest BCUT2D eigenvalue weighted by atomic mass is 79.9. The van der Waals surface area contributed by atoms with Crippen molar-refractivity contribution in [1.29, 1.82) is 0 Å². The van der Waals surface area contributed by atoms with Gasteiger partial charge < -0.3 is 5.32 Å². The normalized spacial score (nSPS) is 12.3. The molecular weight excluding hydrogens is 314 g/mol. The molecule has 0 fully saturated rings. The Morgan fingerprint density at radius 1 is 1.16 bits per heavy atom. The molecule has 1 aromatic heterocycles. The van der Waals surface area contributed by atoms with Gasteiger partial charge in [-0.15, -0.1) is 0 Å². The molecule has 1 N–H and O–H groups in total. The standard InChI is InChI=1S/C14H13BrF2N2/c1-8(10-5-11(16)7-12(17)6-10)18-13-3-4-14(15)19-9(13)2/h3-8,18H,1-2H3. The maximum absolute atomic E-state index is 13.2. The Bertz CT molecular complexity index is 582. The SMILES string of the molecule is Cc1nc(Br)ccc1NC(C)c1cc(F)cc(F)c1. The molecular formula is C14H13BrF2N2. The molecule has 2 aromatic rings. The summed E-state index contributed by atoms with van der Waals surface area (Å²) in [7, 11) is 0. The van der Waals surface area contributed by atoms with Crippen molar-refractivity contribution in [2.45, 2.75) is 19.9 Å². The van der Waals surface area contributed by atoms with Crippen molar-refractivity contribution >= 4 is 21.6 Å². The monoisotopic (exact) mass is 326 g/mol. The molecule has 100 valence electrons. The number of hydrogen-bond acceptors (Lipinski definition) is 2. The Morgan fingerprint density at radius 3 is 2.37 bits per heavy atom. The molecule has 0 radical (unpaired) electrons. The molecule has 0 saturated carbocycles. The van der Waals surface area contributed by atoms with E-state index < -0.39 is 11.6 Å². The molecule has 0 spiro atoms. The smallest absolute Gasteiger partial charge is 0.126 e. The van der Waals surface area contributed by atoms with Crippen LogP contribution in [-0.4, -0.2) is 4.98 Å². The van der Waals surface area contributed by atoms with Crippen LogP contribution in [0.4, 0.5) is 14.5 Å². The maximum Gasteiger partial charge on any atom is 0.126 e. The van der Waals surface area contributed by atoms with Crippen molar-refractivity contribution in [1.82, 2.24) is 4.98 Å². The summed E-state index contributed by atoms with van der Waals surface area (Å²) in [6.45, 7) is 3.71. The van der Waals surface area contributed by atoms with Gasteiger partial charge in [0.1, 0.15) is 16.2 Å². The van der Waals surface area contributed by atoms with Gasteiger partial charge in [-0.3, -0.25) is 0 Å². The summed E-state index contributed by atoms with van der Waals surface area (Å²) in [5, 5.41) is 3.19. The van der Waals surface area contributed by atoms with Crippen LogP contribution in [0.3, 0.4) is 0 Å². The third-order valence-electron chi connectivity index (χ3n) is 2.81. The number of rotatable bonds is 3. The summed E-state index contributed by atoms with van der Waals surface area (Å²) in [5.74, 6) is -1.15. The van der Waals surface area contributed by atoms with Crippen molar-refractivity contribution in [3.8, 4) is 0 Å². The van der Waals surface area contributed by atoms with Crippen LogP contribution in [0, 0.1) is 18.6 Å². The second-order valence-corrected chi connectivity index (χ2v) is 5.15. The van der Waals surface area contributed by atoms with E-state index >= 15 is 0 Å². The summed E-state index contributed by atoms with van der Waals surface area (Å²) >= 11 is 3.29. The molecule has 5 heteroatoms. The fraction of sp³-hybridized carbons (Fsp3) is 0.214. The van der Waals surface area contributed by atoms with Crippen LogP contribution in [0.25, 0.3) is 0 Å². The first-order chi connectivity index (χ1) is 8.95. The number of pyridine rings is 1. The minimum atomic E-state index is -0.575. The largest absolute Gasteiger partial charge is 0.377 e. The average Bonchev–Trinajstić information content (AvgIpc) is 2.31. The molecule has 1 aromatic carbocycles. The average molecular weight is 327 g/mol. The fourth-order valence-corrected chi connectivity index (χ4v) is 2.22. The lowest BCUT2D eigenvalue weighted by Crippen LogP contribution is -2.09. The van der Waals surface area contributed by atoms with Gasteiger partial charge >= 0.3 is 0 Å². The summed E-state index contributed by atoms with van der Waals surface area (Å²) < 4.78 is 27.1. The molecule has 0 aliphatic heterocycles. The molecule has 0 amide bonds. The minimum Gasteiger partial charge on any atom is -0.377 e. The van der Waals surface area contributed by atoms with Crippen LogP contribution >= 0.6 is 15.9 Å². The predicted octanol–water partition coefficient (Wildman–Crippen LogP) is 4.60. The van der Waals surface area contributed by atoms with Crippen LogP contribution in [0.1, 0.15) is 24.2 Å². The highest BCUT2D eigenvalue weighted by Crippen LogP contribution is 2.23. The Kier molecular flexibility index (Phi) is 4.14. The summed E-state index contributed by atoms with van der Waals surface area (Å²) in [6.07, 6.45) is 0. The van der Waals surface area contributed by atoms with Gasteiger partial charge in [0.25, 0.3) is 0 Å². The minimum absolute atomic E-state index is 0.216. The van der Waals surface area contributed by atoms with Gasteiger partial charge in [-0.2, -0.15) is 0 Å². The van der Waals surface area contributed by atoms with Crippen molar-refractivity contribution in [3.63, 3.8) is 0 Å². The first-order valence-electron chi connectivity index (χ1n) is 5.81. The van der Waals surface area contributed by atoms with Crippen LogP contribution < -0.4 is 5.32 Å². The first kappa shape index (κ1) is 13.9. The van der Waals surface area contributed by atoms with E-state index in [0.29, 0.717) is 5.56 Å². The van der Waals surface area contributed by atoms with Gasteiger partial charge in [0.15, 0.2) is 0 Å². The van der Waals surface area contributed by atoms with Gasteiger partial charge in [-0.05, 0) is 59.6 Å². The Labute approximate surface area is 119 Å². The lowest BCUT2D eigenvalue weighted by molar-refractivity contribution is 0.577. The van der Waals surface area contributed by atoms with Crippen LogP contribution in [0.15, 0.2) is 34.9 Å². The Morgan fingerprint density at radius 2 is 1.79 bits per heavy atom. The quantitative estimate of drug-likeness (QED) is 0.833. The predicted molar refractivity (Wildman–Crippen MR) is 75.1 cm³/mol. The van der Waals surface area contributed by atoms with Gasteiger partial charge in [0, 0.05) is 12.1 Å². The van der Waals surface area contributed by atoms with E-state index in [1.54, 1.807) is 0 Å². The zero-order valence-corrected chi connectivity index (χ0v) is 12.1. The fourth-order valence-electron chi connectivity index (χ4n) is 1.82. The zero-order valence-electron chi connectivity index (χ0n) is 10.5. The first-order valence-corrected chi connectivity index (χ1v) is 6.60. The van der Waals surface area contributed by atoms with E-state index in [2.05, 4.69) is 26.2 Å². The molecule has 1 atom stereocenters. The number of aryl methyl sites for hydroxylation is 1. The number of aromatic nitrogens is 1. The van der Waals surface area contributed by atoms with Gasteiger partial charge in [0.2, 0.25) is 0 Å². The number of halogens is 3. The molecule has 2 rings (SSSR count). The topological polar surface area (TPSA) is 24.9 Å². The maximum atomic E-state index is 13.2. The number of nitrogens with one attached hydrogen (secondary N) is 1. The third-order valence-corrected chi connectivity index (χ3v) is 3.25. The van der Waals surface area contributed by atoms with E-state index in [1.807, 2.05) is 26.0 Å². The summed E-state index contributed by atoms with van der Waals surface area (Å²) in [4.78, 5) is 4.26. The van der Waals surface area contributed by atoms with Gasteiger partial charge in [-0.1, -0.05) is 0 Å². The molecule has 0 aliphatic rings. The van der Waals surface area contributed by atoms with Gasteiger partial charge in [0.05, 0.1) is 11.4 Å². The lowest BCUT2D eigenvalue weighted by Gasteiger charge is -2.17. The lowest BCUT2D eigenvalue weighted by atomic mass is 10.1. The Hall–Kier alpha value is -1.49.